The third-order valence-electron chi connectivity index (χ3n) is 3.31. The van der Waals surface area contributed by atoms with Crippen LogP contribution in [0.15, 0.2) is 46.9 Å². The minimum atomic E-state index is 0.00780. The number of carbonyl (C=O) groups excluding carboxylic acids is 1. The third-order valence-corrected chi connectivity index (χ3v) is 4.20. The molecule has 0 N–H and O–H groups in total. The largest absolute Gasteiger partial charge is 0.497 e. The molecule has 0 aliphatic rings. The normalized spacial score (nSPS) is 10.3. The summed E-state index contributed by atoms with van der Waals surface area (Å²) < 4.78 is 6.21. The van der Waals surface area contributed by atoms with Gasteiger partial charge in [0.2, 0.25) is 0 Å². The quantitative estimate of drug-likeness (QED) is 0.835. The fourth-order valence-corrected chi connectivity index (χ4v) is 2.36. The predicted octanol–water partition coefficient (Wildman–Crippen LogP) is 4.04. The van der Waals surface area contributed by atoms with Crippen molar-refractivity contribution in [3.8, 4) is 5.75 Å². The first-order valence-corrected chi connectivity index (χ1v) is 7.45. The molecule has 2 aromatic rings. The van der Waals surface area contributed by atoms with Crippen LogP contribution in [0.25, 0.3) is 0 Å². The van der Waals surface area contributed by atoms with Crippen LogP contribution < -0.4 is 4.74 Å². The summed E-state index contributed by atoms with van der Waals surface area (Å²) in [4.78, 5) is 14.2. The van der Waals surface area contributed by atoms with Crippen LogP contribution in [0.4, 0.5) is 0 Å². The molecule has 0 fully saturated rings. The number of carbonyl (C=O) groups is 1. The second kappa shape index (κ2) is 6.76. The maximum absolute atomic E-state index is 12.4. The Bertz CT molecular complexity index is 655. The molecule has 0 saturated heterocycles. The lowest BCUT2D eigenvalue weighted by Crippen LogP contribution is -2.26. The van der Waals surface area contributed by atoms with Crippen molar-refractivity contribution in [3.05, 3.63) is 63.6 Å². The Kier molecular flexibility index (Phi) is 5.02. The van der Waals surface area contributed by atoms with Crippen LogP contribution in [0.3, 0.4) is 0 Å². The van der Waals surface area contributed by atoms with Crippen molar-refractivity contribution >= 4 is 21.8 Å². The Morgan fingerprint density at radius 1 is 1.24 bits per heavy atom. The molecule has 0 aromatic heterocycles. The number of amides is 1. The Balaban J connectivity index is 2.13. The maximum Gasteiger partial charge on any atom is 0.253 e. The Morgan fingerprint density at radius 3 is 2.67 bits per heavy atom. The van der Waals surface area contributed by atoms with Gasteiger partial charge in [0.05, 0.1) is 7.11 Å². The van der Waals surface area contributed by atoms with Crippen LogP contribution in [0.5, 0.6) is 5.75 Å². The Morgan fingerprint density at radius 2 is 2.00 bits per heavy atom. The van der Waals surface area contributed by atoms with E-state index < -0.39 is 0 Å². The lowest BCUT2D eigenvalue weighted by molar-refractivity contribution is 0.0785. The molecule has 0 unspecified atom stereocenters. The molecule has 4 heteroatoms. The number of aryl methyl sites for hydroxylation is 1. The molecule has 2 aromatic carbocycles. The van der Waals surface area contributed by atoms with Crippen molar-refractivity contribution in [1.29, 1.82) is 0 Å². The summed E-state index contributed by atoms with van der Waals surface area (Å²) in [5.41, 5.74) is 2.79. The minimum Gasteiger partial charge on any atom is -0.497 e. The highest BCUT2D eigenvalue weighted by Crippen LogP contribution is 2.19. The number of halogens is 1. The van der Waals surface area contributed by atoms with Gasteiger partial charge in [0.1, 0.15) is 5.75 Å². The van der Waals surface area contributed by atoms with Gasteiger partial charge >= 0.3 is 0 Å². The van der Waals surface area contributed by atoms with E-state index in [2.05, 4.69) is 15.9 Å². The standard InChI is InChI=1S/C17H18BrNO2/c1-12-9-14(7-8-16(12)18)17(20)19(2)11-13-5-4-6-15(10-13)21-3/h4-10H,11H2,1-3H3. The molecular formula is C17H18BrNO2. The van der Waals surface area contributed by atoms with Gasteiger partial charge in [-0.2, -0.15) is 0 Å². The highest BCUT2D eigenvalue weighted by Gasteiger charge is 2.13. The van der Waals surface area contributed by atoms with E-state index in [1.165, 1.54) is 0 Å². The molecule has 0 radical (unpaired) electrons. The van der Waals surface area contributed by atoms with Crippen molar-refractivity contribution in [2.75, 3.05) is 14.2 Å². The van der Waals surface area contributed by atoms with Gasteiger partial charge in [-0.25, -0.2) is 0 Å². The highest BCUT2D eigenvalue weighted by atomic mass is 79.9. The number of methoxy groups -OCH3 is 1. The minimum absolute atomic E-state index is 0.00780. The van der Waals surface area contributed by atoms with Crippen LogP contribution in [-0.2, 0) is 6.54 Å². The lowest BCUT2D eigenvalue weighted by Gasteiger charge is -2.18. The summed E-state index contributed by atoms with van der Waals surface area (Å²) in [7, 11) is 3.44. The summed E-state index contributed by atoms with van der Waals surface area (Å²) in [6.07, 6.45) is 0. The first-order chi connectivity index (χ1) is 10.0. The lowest BCUT2D eigenvalue weighted by atomic mass is 10.1. The fourth-order valence-electron chi connectivity index (χ4n) is 2.11. The van der Waals surface area contributed by atoms with Crippen molar-refractivity contribution in [3.63, 3.8) is 0 Å². The van der Waals surface area contributed by atoms with Crippen molar-refractivity contribution in [1.82, 2.24) is 4.90 Å². The van der Waals surface area contributed by atoms with Crippen LogP contribution in [0.2, 0.25) is 0 Å². The van der Waals surface area contributed by atoms with Gasteiger partial charge in [-0.1, -0.05) is 28.1 Å². The van der Waals surface area contributed by atoms with Crippen molar-refractivity contribution in [2.24, 2.45) is 0 Å². The summed E-state index contributed by atoms with van der Waals surface area (Å²) in [5.74, 6) is 0.807. The van der Waals surface area contributed by atoms with Crippen LogP contribution in [0.1, 0.15) is 21.5 Å². The van der Waals surface area contributed by atoms with Crippen LogP contribution in [-0.4, -0.2) is 25.0 Å². The zero-order valence-corrected chi connectivity index (χ0v) is 14.0. The smallest absolute Gasteiger partial charge is 0.253 e. The zero-order valence-electron chi connectivity index (χ0n) is 12.4. The fraction of sp³-hybridized carbons (Fsp3) is 0.235. The number of benzene rings is 2. The van der Waals surface area contributed by atoms with E-state index in [4.69, 9.17) is 4.74 Å². The zero-order chi connectivity index (χ0) is 15.4. The molecule has 0 aliphatic carbocycles. The second-order valence-corrected chi connectivity index (χ2v) is 5.83. The van der Waals surface area contributed by atoms with E-state index in [9.17, 15) is 4.79 Å². The SMILES string of the molecule is COc1cccc(CN(C)C(=O)c2ccc(Br)c(C)c2)c1. The number of hydrogen-bond acceptors (Lipinski definition) is 2. The molecule has 110 valence electrons. The van der Waals surface area contributed by atoms with E-state index in [-0.39, 0.29) is 5.91 Å². The van der Waals surface area contributed by atoms with Gasteiger partial charge in [-0.15, -0.1) is 0 Å². The summed E-state index contributed by atoms with van der Waals surface area (Å²) in [6.45, 7) is 2.52. The Labute approximate surface area is 133 Å². The average Bonchev–Trinajstić information content (AvgIpc) is 2.49. The van der Waals surface area contributed by atoms with E-state index >= 15 is 0 Å². The molecule has 0 bridgehead atoms. The molecule has 0 saturated carbocycles. The molecule has 0 aliphatic heterocycles. The number of ether oxygens (including phenoxy) is 1. The average molecular weight is 348 g/mol. The van der Waals surface area contributed by atoms with E-state index in [1.54, 1.807) is 19.1 Å². The number of hydrogen-bond donors (Lipinski definition) is 0. The van der Waals surface area contributed by atoms with Gasteiger partial charge in [-0.05, 0) is 48.4 Å². The topological polar surface area (TPSA) is 29.5 Å². The molecule has 21 heavy (non-hydrogen) atoms. The van der Waals surface area contributed by atoms with Gasteiger partial charge in [-0.3, -0.25) is 4.79 Å². The second-order valence-electron chi connectivity index (χ2n) is 4.98. The molecule has 1 amide bonds. The molecular weight excluding hydrogens is 330 g/mol. The van der Waals surface area contributed by atoms with Gasteiger partial charge < -0.3 is 9.64 Å². The van der Waals surface area contributed by atoms with Crippen molar-refractivity contribution in [2.45, 2.75) is 13.5 Å². The number of rotatable bonds is 4. The monoisotopic (exact) mass is 347 g/mol. The Hall–Kier alpha value is -1.81. The van der Waals surface area contributed by atoms with Gasteiger partial charge in [0.25, 0.3) is 5.91 Å². The summed E-state index contributed by atoms with van der Waals surface area (Å²) >= 11 is 3.45. The molecule has 0 spiro atoms. The van der Waals surface area contributed by atoms with E-state index in [0.29, 0.717) is 12.1 Å². The first kappa shape index (κ1) is 15.6. The molecule has 3 nitrogen and oxygen atoms in total. The summed E-state index contributed by atoms with van der Waals surface area (Å²) in [5, 5.41) is 0. The van der Waals surface area contributed by atoms with Crippen LogP contribution >= 0.6 is 15.9 Å². The number of nitrogens with zero attached hydrogens (tertiary/aromatic N) is 1. The van der Waals surface area contributed by atoms with Crippen LogP contribution in [0, 0.1) is 6.92 Å². The van der Waals surface area contributed by atoms with E-state index in [0.717, 1.165) is 21.3 Å². The van der Waals surface area contributed by atoms with Gasteiger partial charge in [0.15, 0.2) is 0 Å². The highest BCUT2D eigenvalue weighted by molar-refractivity contribution is 9.10. The third kappa shape index (κ3) is 3.85. The molecule has 0 atom stereocenters. The molecule has 2 rings (SSSR count). The summed E-state index contributed by atoms with van der Waals surface area (Å²) in [6, 6.07) is 13.4. The molecule has 0 heterocycles. The predicted molar refractivity (Wildman–Crippen MR) is 87.7 cm³/mol. The van der Waals surface area contributed by atoms with Crippen molar-refractivity contribution < 1.29 is 9.53 Å². The first-order valence-electron chi connectivity index (χ1n) is 6.66. The van der Waals surface area contributed by atoms with Gasteiger partial charge in [0, 0.05) is 23.6 Å². The van der Waals surface area contributed by atoms with E-state index in [1.807, 2.05) is 49.4 Å². The maximum atomic E-state index is 12.4.